The molecular formula is C23H26N2O4S. The van der Waals surface area contributed by atoms with Crippen LogP contribution in [0.4, 0.5) is 0 Å². The van der Waals surface area contributed by atoms with Gasteiger partial charge in [-0.1, -0.05) is 12.1 Å². The average Bonchev–Trinajstić information content (AvgIpc) is 3.23. The number of sulfonamides is 1. The van der Waals surface area contributed by atoms with Crippen LogP contribution < -0.4 is 9.47 Å². The Morgan fingerprint density at radius 3 is 2.50 bits per heavy atom. The summed E-state index contributed by atoms with van der Waals surface area (Å²) in [5, 5.41) is 0. The first kappa shape index (κ1) is 20.5. The number of rotatable bonds is 6. The molecule has 7 heteroatoms. The average molecular weight is 427 g/mol. The molecule has 0 saturated heterocycles. The molecule has 0 fully saturated rings. The largest absolute Gasteiger partial charge is 0.496 e. The van der Waals surface area contributed by atoms with Gasteiger partial charge >= 0.3 is 0 Å². The molecular weight excluding hydrogens is 400 g/mol. The van der Waals surface area contributed by atoms with E-state index in [1.807, 2.05) is 56.4 Å². The molecule has 30 heavy (non-hydrogen) atoms. The predicted molar refractivity (Wildman–Crippen MR) is 116 cm³/mol. The molecule has 0 amide bonds. The fraction of sp³-hybridized carbons (Fsp3) is 0.304. The molecule has 0 radical (unpaired) electrons. The predicted octanol–water partition coefficient (Wildman–Crippen LogP) is 4.00. The Morgan fingerprint density at radius 1 is 1.07 bits per heavy atom. The van der Waals surface area contributed by atoms with Crippen molar-refractivity contribution >= 4 is 10.0 Å². The van der Waals surface area contributed by atoms with E-state index in [4.69, 9.17) is 9.47 Å². The van der Waals surface area contributed by atoms with Crippen LogP contribution in [-0.4, -0.2) is 37.6 Å². The van der Waals surface area contributed by atoms with E-state index in [0.717, 1.165) is 22.6 Å². The first-order valence-corrected chi connectivity index (χ1v) is 11.4. The molecule has 0 N–H and O–H groups in total. The van der Waals surface area contributed by atoms with Gasteiger partial charge in [0.2, 0.25) is 10.0 Å². The summed E-state index contributed by atoms with van der Waals surface area (Å²) in [5.41, 5.74) is 2.66. The number of ether oxygens (including phenoxy) is 2. The number of benzene rings is 2. The van der Waals surface area contributed by atoms with Crippen LogP contribution in [0.1, 0.15) is 29.8 Å². The van der Waals surface area contributed by atoms with Crippen LogP contribution in [0, 0.1) is 6.92 Å². The second kappa shape index (κ2) is 8.16. The topological polar surface area (TPSA) is 60.8 Å². The second-order valence-electron chi connectivity index (χ2n) is 7.28. The Balaban J connectivity index is 1.78. The number of aromatic nitrogens is 1. The van der Waals surface area contributed by atoms with Gasteiger partial charge < -0.3 is 14.0 Å². The van der Waals surface area contributed by atoms with Gasteiger partial charge in [0.15, 0.2) is 0 Å². The Bertz CT molecular complexity index is 1140. The van der Waals surface area contributed by atoms with Crippen molar-refractivity contribution in [1.82, 2.24) is 8.87 Å². The summed E-state index contributed by atoms with van der Waals surface area (Å²) >= 11 is 0. The van der Waals surface area contributed by atoms with E-state index in [1.54, 1.807) is 29.6 Å². The standard InChI is InChI=1S/C23H26N2O4S/c1-4-29-19-9-7-18(8-10-19)23-21-6-5-13-24(21)14-15-25(23)30(26,27)20-11-12-22(28-3)17(2)16-20/h5-13,16,23H,4,14-15H2,1-3H3. The first-order chi connectivity index (χ1) is 14.5. The molecule has 1 aliphatic rings. The van der Waals surface area contributed by atoms with Crippen LogP contribution in [0.15, 0.2) is 65.7 Å². The van der Waals surface area contributed by atoms with E-state index < -0.39 is 16.1 Å². The number of aryl methyl sites for hydroxylation is 1. The van der Waals surface area contributed by atoms with Crippen molar-refractivity contribution in [3.63, 3.8) is 0 Å². The maximum Gasteiger partial charge on any atom is 0.244 e. The zero-order valence-electron chi connectivity index (χ0n) is 17.4. The third-order valence-corrected chi connectivity index (χ3v) is 7.33. The molecule has 6 nitrogen and oxygen atoms in total. The normalized spacial score (nSPS) is 16.8. The molecule has 1 atom stereocenters. The molecule has 0 bridgehead atoms. The lowest BCUT2D eigenvalue weighted by Crippen LogP contribution is -2.42. The minimum atomic E-state index is -3.71. The SMILES string of the molecule is CCOc1ccc(C2c3cccn3CCN2S(=O)(=O)c2ccc(OC)c(C)c2)cc1. The van der Waals surface area contributed by atoms with E-state index in [-0.39, 0.29) is 4.90 Å². The van der Waals surface area contributed by atoms with Gasteiger partial charge in [-0.2, -0.15) is 4.31 Å². The Hall–Kier alpha value is -2.77. The fourth-order valence-electron chi connectivity index (χ4n) is 4.02. The minimum absolute atomic E-state index is 0.275. The van der Waals surface area contributed by atoms with Crippen molar-refractivity contribution in [2.45, 2.75) is 31.3 Å². The molecule has 158 valence electrons. The van der Waals surface area contributed by atoms with Crippen molar-refractivity contribution in [3.8, 4) is 11.5 Å². The van der Waals surface area contributed by atoms with Gasteiger partial charge in [0, 0.05) is 25.0 Å². The monoisotopic (exact) mass is 426 g/mol. The number of nitrogens with zero attached hydrogens (tertiary/aromatic N) is 2. The lowest BCUT2D eigenvalue weighted by Gasteiger charge is -2.36. The summed E-state index contributed by atoms with van der Waals surface area (Å²) in [7, 11) is -2.13. The maximum absolute atomic E-state index is 13.7. The molecule has 1 unspecified atom stereocenters. The molecule has 1 aliphatic heterocycles. The Morgan fingerprint density at radius 2 is 1.83 bits per heavy atom. The highest BCUT2D eigenvalue weighted by Crippen LogP contribution is 2.37. The third kappa shape index (κ3) is 3.59. The smallest absolute Gasteiger partial charge is 0.244 e. The number of hydrogen-bond acceptors (Lipinski definition) is 4. The first-order valence-electron chi connectivity index (χ1n) is 10.00. The minimum Gasteiger partial charge on any atom is -0.496 e. The van der Waals surface area contributed by atoms with Gasteiger partial charge in [-0.05, 0) is 67.4 Å². The Kier molecular flexibility index (Phi) is 5.58. The van der Waals surface area contributed by atoms with Gasteiger partial charge in [0.05, 0.1) is 24.7 Å². The Labute approximate surface area is 177 Å². The van der Waals surface area contributed by atoms with Crippen LogP contribution >= 0.6 is 0 Å². The van der Waals surface area contributed by atoms with E-state index in [9.17, 15) is 8.42 Å². The van der Waals surface area contributed by atoms with E-state index >= 15 is 0 Å². The molecule has 4 rings (SSSR count). The second-order valence-corrected chi connectivity index (χ2v) is 9.17. The highest BCUT2D eigenvalue weighted by Gasteiger charge is 2.37. The quantitative estimate of drug-likeness (QED) is 0.598. The van der Waals surface area contributed by atoms with Gasteiger partial charge in [0.1, 0.15) is 11.5 Å². The molecule has 2 aromatic carbocycles. The molecule has 0 spiro atoms. The van der Waals surface area contributed by atoms with Gasteiger partial charge in [-0.3, -0.25) is 0 Å². The number of hydrogen-bond donors (Lipinski definition) is 0. The van der Waals surface area contributed by atoms with E-state index in [0.29, 0.717) is 25.4 Å². The summed E-state index contributed by atoms with van der Waals surface area (Å²) in [6.45, 7) is 5.39. The molecule has 0 saturated carbocycles. The van der Waals surface area contributed by atoms with Gasteiger partial charge in [0.25, 0.3) is 0 Å². The van der Waals surface area contributed by atoms with E-state index in [1.165, 1.54) is 0 Å². The molecule has 0 aliphatic carbocycles. The summed E-state index contributed by atoms with van der Waals surface area (Å²) in [4.78, 5) is 0.275. The summed E-state index contributed by atoms with van der Waals surface area (Å²) < 4.78 is 41.9. The lowest BCUT2D eigenvalue weighted by molar-refractivity contribution is 0.298. The molecule has 3 aromatic rings. The third-order valence-electron chi connectivity index (χ3n) is 5.47. The van der Waals surface area contributed by atoms with Crippen molar-refractivity contribution < 1.29 is 17.9 Å². The van der Waals surface area contributed by atoms with Crippen LogP contribution in [0.2, 0.25) is 0 Å². The van der Waals surface area contributed by atoms with Crippen molar-refractivity contribution in [3.05, 3.63) is 77.6 Å². The summed E-state index contributed by atoms with van der Waals surface area (Å²) in [6, 6.07) is 16.2. The van der Waals surface area contributed by atoms with Crippen molar-refractivity contribution in [2.24, 2.45) is 0 Å². The van der Waals surface area contributed by atoms with Gasteiger partial charge in [-0.15, -0.1) is 0 Å². The molecule has 2 heterocycles. The van der Waals surface area contributed by atoms with Crippen molar-refractivity contribution in [2.75, 3.05) is 20.3 Å². The maximum atomic E-state index is 13.7. The highest BCUT2D eigenvalue weighted by molar-refractivity contribution is 7.89. The number of methoxy groups -OCH3 is 1. The van der Waals surface area contributed by atoms with E-state index in [2.05, 4.69) is 4.57 Å². The lowest BCUT2D eigenvalue weighted by atomic mass is 10.0. The number of fused-ring (bicyclic) bond motifs is 1. The zero-order valence-corrected chi connectivity index (χ0v) is 18.2. The fourth-order valence-corrected chi connectivity index (χ4v) is 5.68. The van der Waals surface area contributed by atoms with Crippen LogP contribution in [0.5, 0.6) is 11.5 Å². The summed E-state index contributed by atoms with van der Waals surface area (Å²) in [5.74, 6) is 1.44. The van der Waals surface area contributed by atoms with Crippen LogP contribution in [0.25, 0.3) is 0 Å². The summed E-state index contributed by atoms with van der Waals surface area (Å²) in [6.07, 6.45) is 2.00. The molecule has 1 aromatic heterocycles. The zero-order chi connectivity index (χ0) is 21.3. The van der Waals surface area contributed by atoms with Crippen LogP contribution in [0.3, 0.4) is 0 Å². The van der Waals surface area contributed by atoms with Gasteiger partial charge in [-0.25, -0.2) is 8.42 Å². The van der Waals surface area contributed by atoms with Crippen LogP contribution in [-0.2, 0) is 16.6 Å². The van der Waals surface area contributed by atoms with Crippen molar-refractivity contribution in [1.29, 1.82) is 0 Å². The highest BCUT2D eigenvalue weighted by atomic mass is 32.2.